The Morgan fingerprint density at radius 2 is 2.05 bits per heavy atom. The number of hydrogen-bond donors (Lipinski definition) is 1. The molecule has 1 nitrogen and oxygen atoms in total. The molecule has 118 valence electrons. The first-order valence-corrected chi connectivity index (χ1v) is 9.15. The topological polar surface area (TPSA) is 12.0 Å². The molecule has 1 atom stereocenters. The van der Waals surface area contributed by atoms with Gasteiger partial charge in [0.2, 0.25) is 0 Å². The number of rotatable bonds is 7. The van der Waals surface area contributed by atoms with Crippen LogP contribution in [0.2, 0.25) is 0 Å². The normalized spacial score (nSPS) is 17.9. The number of hydrogen-bond acceptors (Lipinski definition) is 1. The number of benzene rings is 1. The van der Waals surface area contributed by atoms with E-state index in [1.165, 1.54) is 44.1 Å². The van der Waals surface area contributed by atoms with Crippen molar-refractivity contribution in [3.63, 3.8) is 0 Å². The van der Waals surface area contributed by atoms with Crippen molar-refractivity contribution in [1.82, 2.24) is 5.32 Å². The Labute approximate surface area is 136 Å². The molecule has 3 heteroatoms. The molecule has 0 bridgehead atoms. The van der Waals surface area contributed by atoms with Gasteiger partial charge in [-0.05, 0) is 65.4 Å². The van der Waals surface area contributed by atoms with Crippen molar-refractivity contribution in [2.75, 3.05) is 6.54 Å². The highest BCUT2D eigenvalue weighted by Gasteiger charge is 2.19. The molecule has 1 aliphatic rings. The Kier molecular flexibility index (Phi) is 7.18. The minimum Gasteiger partial charge on any atom is -0.314 e. The van der Waals surface area contributed by atoms with E-state index in [0.29, 0.717) is 10.5 Å². The van der Waals surface area contributed by atoms with Gasteiger partial charge in [-0.1, -0.05) is 45.1 Å². The van der Waals surface area contributed by atoms with Gasteiger partial charge in [0.25, 0.3) is 0 Å². The fourth-order valence-corrected chi connectivity index (χ4v) is 3.79. The minimum absolute atomic E-state index is 0.177. The molecule has 0 saturated heterocycles. The highest BCUT2D eigenvalue weighted by Crippen LogP contribution is 2.28. The van der Waals surface area contributed by atoms with Crippen LogP contribution in [-0.2, 0) is 6.42 Å². The Hall–Kier alpha value is -0.410. The number of halogens is 2. The van der Waals surface area contributed by atoms with Crippen LogP contribution in [0.3, 0.4) is 0 Å². The van der Waals surface area contributed by atoms with Crippen LogP contribution in [0.5, 0.6) is 0 Å². The largest absolute Gasteiger partial charge is 0.314 e. The fraction of sp³-hybridized carbons (Fsp3) is 0.667. The van der Waals surface area contributed by atoms with Gasteiger partial charge >= 0.3 is 0 Å². The van der Waals surface area contributed by atoms with Crippen LogP contribution >= 0.6 is 15.9 Å². The average Bonchev–Trinajstić information content (AvgIpc) is 2.49. The molecule has 1 saturated carbocycles. The quantitative estimate of drug-likeness (QED) is 0.683. The summed E-state index contributed by atoms with van der Waals surface area (Å²) >= 11 is 3.29. The van der Waals surface area contributed by atoms with E-state index in [2.05, 4.69) is 28.2 Å². The third-order valence-corrected chi connectivity index (χ3v) is 5.10. The zero-order valence-corrected chi connectivity index (χ0v) is 14.6. The van der Waals surface area contributed by atoms with Gasteiger partial charge in [-0.15, -0.1) is 0 Å². The maximum Gasteiger partial charge on any atom is 0.137 e. The van der Waals surface area contributed by atoms with Gasteiger partial charge in [0.05, 0.1) is 4.47 Å². The molecule has 0 aromatic heterocycles. The fourth-order valence-electron chi connectivity index (χ4n) is 3.36. The van der Waals surface area contributed by atoms with Crippen LogP contribution < -0.4 is 5.32 Å². The summed E-state index contributed by atoms with van der Waals surface area (Å²) in [5.74, 6) is 0.695. The first-order chi connectivity index (χ1) is 10.2. The summed E-state index contributed by atoms with van der Waals surface area (Å²) in [6, 6.07) is 5.93. The van der Waals surface area contributed by atoms with E-state index >= 15 is 0 Å². The molecule has 21 heavy (non-hydrogen) atoms. The molecule has 0 amide bonds. The molecule has 1 unspecified atom stereocenters. The Bertz CT molecular complexity index is 429. The second-order valence-electron chi connectivity index (χ2n) is 6.34. The summed E-state index contributed by atoms with van der Waals surface area (Å²) in [4.78, 5) is 0. The second-order valence-corrected chi connectivity index (χ2v) is 7.20. The van der Waals surface area contributed by atoms with Crippen LogP contribution in [0.4, 0.5) is 4.39 Å². The molecule has 1 aromatic rings. The lowest BCUT2D eigenvalue weighted by Crippen LogP contribution is -2.34. The summed E-state index contributed by atoms with van der Waals surface area (Å²) in [6.07, 6.45) is 10.4. The van der Waals surface area contributed by atoms with Crippen molar-refractivity contribution in [2.45, 2.75) is 64.3 Å². The summed E-state index contributed by atoms with van der Waals surface area (Å²) in [7, 11) is 0. The van der Waals surface area contributed by atoms with Gasteiger partial charge in [-0.2, -0.15) is 0 Å². The van der Waals surface area contributed by atoms with E-state index in [1.54, 1.807) is 6.07 Å². The highest BCUT2D eigenvalue weighted by atomic mass is 79.9. The molecular weight excluding hydrogens is 329 g/mol. The molecule has 2 rings (SSSR count). The molecule has 0 aliphatic heterocycles. The summed E-state index contributed by atoms with van der Waals surface area (Å²) in [5.41, 5.74) is 1.22. The predicted molar refractivity (Wildman–Crippen MR) is 91.1 cm³/mol. The summed E-state index contributed by atoms with van der Waals surface area (Å²) in [5, 5.41) is 3.69. The van der Waals surface area contributed by atoms with Crippen LogP contribution in [0.25, 0.3) is 0 Å². The third kappa shape index (κ3) is 5.71. The number of nitrogens with one attached hydrogen (secondary N) is 1. The lowest BCUT2D eigenvalue weighted by Gasteiger charge is -2.27. The van der Waals surface area contributed by atoms with E-state index in [9.17, 15) is 4.39 Å². The van der Waals surface area contributed by atoms with Gasteiger partial charge in [0.15, 0.2) is 0 Å². The standard InChI is InChI=1S/C18H27BrFN/c1-2-10-21-16(11-14-6-4-3-5-7-14)12-15-8-9-18(20)17(19)13-15/h8-9,13-14,16,21H,2-7,10-12H2,1H3. The average molecular weight is 356 g/mol. The maximum absolute atomic E-state index is 13.3. The van der Waals surface area contributed by atoms with Gasteiger partial charge in [-0.25, -0.2) is 4.39 Å². The second kappa shape index (κ2) is 8.89. The molecule has 0 heterocycles. The zero-order valence-electron chi connectivity index (χ0n) is 13.0. The van der Waals surface area contributed by atoms with Crippen LogP contribution in [0.15, 0.2) is 22.7 Å². The van der Waals surface area contributed by atoms with Crippen molar-refractivity contribution in [3.05, 3.63) is 34.1 Å². The lowest BCUT2D eigenvalue weighted by atomic mass is 9.83. The summed E-state index contributed by atoms with van der Waals surface area (Å²) in [6.45, 7) is 3.28. The smallest absolute Gasteiger partial charge is 0.137 e. The van der Waals surface area contributed by atoms with E-state index in [1.807, 2.05) is 12.1 Å². The van der Waals surface area contributed by atoms with Crippen molar-refractivity contribution < 1.29 is 4.39 Å². The molecule has 1 fully saturated rings. The Morgan fingerprint density at radius 3 is 2.71 bits per heavy atom. The summed E-state index contributed by atoms with van der Waals surface area (Å²) < 4.78 is 13.9. The molecule has 0 radical (unpaired) electrons. The van der Waals surface area contributed by atoms with Crippen LogP contribution in [0, 0.1) is 11.7 Å². The van der Waals surface area contributed by atoms with Crippen LogP contribution in [0.1, 0.15) is 57.4 Å². The molecule has 0 spiro atoms. The van der Waals surface area contributed by atoms with Crippen molar-refractivity contribution in [2.24, 2.45) is 5.92 Å². The Balaban J connectivity index is 1.95. The molecule has 1 N–H and O–H groups in total. The van der Waals surface area contributed by atoms with Crippen LogP contribution in [-0.4, -0.2) is 12.6 Å². The van der Waals surface area contributed by atoms with Crippen molar-refractivity contribution in [3.8, 4) is 0 Å². The van der Waals surface area contributed by atoms with Gasteiger partial charge < -0.3 is 5.32 Å². The lowest BCUT2D eigenvalue weighted by molar-refractivity contribution is 0.296. The zero-order chi connectivity index (χ0) is 15.1. The molecule has 1 aromatic carbocycles. The van der Waals surface area contributed by atoms with Crippen molar-refractivity contribution in [1.29, 1.82) is 0 Å². The van der Waals surface area contributed by atoms with E-state index < -0.39 is 0 Å². The van der Waals surface area contributed by atoms with E-state index in [4.69, 9.17) is 0 Å². The maximum atomic E-state index is 13.3. The van der Waals surface area contributed by atoms with E-state index in [0.717, 1.165) is 25.3 Å². The van der Waals surface area contributed by atoms with Gasteiger partial charge in [-0.3, -0.25) is 0 Å². The van der Waals surface area contributed by atoms with E-state index in [-0.39, 0.29) is 5.82 Å². The van der Waals surface area contributed by atoms with Crippen molar-refractivity contribution >= 4 is 15.9 Å². The molecular formula is C18H27BrFN. The van der Waals surface area contributed by atoms with Gasteiger partial charge in [0.1, 0.15) is 5.82 Å². The Morgan fingerprint density at radius 1 is 1.29 bits per heavy atom. The first-order valence-electron chi connectivity index (χ1n) is 8.36. The predicted octanol–water partition coefficient (Wildman–Crippen LogP) is 5.47. The third-order valence-electron chi connectivity index (χ3n) is 4.49. The highest BCUT2D eigenvalue weighted by molar-refractivity contribution is 9.10. The monoisotopic (exact) mass is 355 g/mol. The minimum atomic E-state index is -0.177. The SMILES string of the molecule is CCCNC(Cc1ccc(F)c(Br)c1)CC1CCCCC1. The first kappa shape index (κ1) is 17.0. The molecule has 1 aliphatic carbocycles. The van der Waals surface area contributed by atoms with Gasteiger partial charge in [0, 0.05) is 6.04 Å².